The molecule has 2 aromatic carbocycles. The predicted octanol–water partition coefficient (Wildman–Crippen LogP) is 5.99. The van der Waals surface area contributed by atoms with E-state index in [2.05, 4.69) is 63.2 Å². The summed E-state index contributed by atoms with van der Waals surface area (Å²) >= 11 is 6.81. The second-order valence-electron chi connectivity index (χ2n) is 5.27. The highest BCUT2D eigenvalue weighted by Gasteiger charge is 2.03. The van der Waals surface area contributed by atoms with E-state index >= 15 is 0 Å². The maximum atomic E-state index is 12.0. The maximum absolute atomic E-state index is 12.0. The Bertz CT molecular complexity index is 691. The quantitative estimate of drug-likeness (QED) is 0.602. The fraction of sp³-hybridized carbons (Fsp3) is 0.167. The molecule has 0 spiro atoms. The van der Waals surface area contributed by atoms with Gasteiger partial charge in [-0.2, -0.15) is 0 Å². The summed E-state index contributed by atoms with van der Waals surface area (Å²) < 4.78 is 1.79. The Labute approximate surface area is 147 Å². The number of hydrogen-bond acceptors (Lipinski definition) is 1. The van der Waals surface area contributed by atoms with E-state index in [1.807, 2.05) is 36.4 Å². The van der Waals surface area contributed by atoms with Gasteiger partial charge in [0.05, 0.1) is 5.69 Å². The fourth-order valence-electron chi connectivity index (χ4n) is 1.93. The van der Waals surface area contributed by atoms with E-state index in [0.29, 0.717) is 5.92 Å². The third kappa shape index (κ3) is 4.82. The number of benzene rings is 2. The monoisotopic (exact) mass is 421 g/mol. The van der Waals surface area contributed by atoms with E-state index in [-0.39, 0.29) is 5.91 Å². The molecule has 2 rings (SSSR count). The van der Waals surface area contributed by atoms with Crippen molar-refractivity contribution < 1.29 is 4.79 Å². The van der Waals surface area contributed by atoms with Crippen molar-refractivity contribution >= 4 is 49.5 Å². The van der Waals surface area contributed by atoms with Crippen molar-refractivity contribution in [3.8, 4) is 0 Å². The summed E-state index contributed by atoms with van der Waals surface area (Å²) in [5, 5.41) is 2.84. The average Bonchev–Trinajstić information content (AvgIpc) is 2.48. The van der Waals surface area contributed by atoms with Gasteiger partial charge in [-0.3, -0.25) is 4.79 Å². The second kappa shape index (κ2) is 7.75. The van der Waals surface area contributed by atoms with Crippen LogP contribution in [-0.4, -0.2) is 5.91 Å². The largest absolute Gasteiger partial charge is 0.321 e. The Morgan fingerprint density at radius 1 is 1.09 bits per heavy atom. The zero-order valence-electron chi connectivity index (χ0n) is 12.4. The Hall–Kier alpha value is -1.39. The molecule has 114 valence electrons. The van der Waals surface area contributed by atoms with Crippen molar-refractivity contribution in [3.63, 3.8) is 0 Å². The standard InChI is InChI=1S/C18H17Br2NO/c1-12(2)14-6-3-13(4-7-14)5-10-18(22)21-17-9-8-15(19)11-16(17)20/h3-12H,1-2H3,(H,21,22)/b10-5+. The summed E-state index contributed by atoms with van der Waals surface area (Å²) in [6, 6.07) is 13.8. The minimum atomic E-state index is -0.157. The number of hydrogen-bond donors (Lipinski definition) is 1. The molecule has 0 unspecified atom stereocenters. The second-order valence-corrected chi connectivity index (χ2v) is 7.04. The Balaban J connectivity index is 2.01. The molecule has 0 fully saturated rings. The van der Waals surface area contributed by atoms with Gasteiger partial charge in [0.15, 0.2) is 0 Å². The normalized spacial score (nSPS) is 11.1. The zero-order chi connectivity index (χ0) is 16.1. The minimum absolute atomic E-state index is 0.157. The molecule has 0 aliphatic rings. The van der Waals surface area contributed by atoms with E-state index in [1.54, 1.807) is 6.08 Å². The van der Waals surface area contributed by atoms with Crippen LogP contribution in [0.25, 0.3) is 6.08 Å². The molecule has 1 N–H and O–H groups in total. The average molecular weight is 423 g/mol. The van der Waals surface area contributed by atoms with Gasteiger partial charge in [0.1, 0.15) is 0 Å². The molecule has 2 nitrogen and oxygen atoms in total. The molecular weight excluding hydrogens is 406 g/mol. The first-order valence-electron chi connectivity index (χ1n) is 7.00. The van der Waals surface area contributed by atoms with Crippen molar-refractivity contribution in [1.82, 2.24) is 0 Å². The van der Waals surface area contributed by atoms with Crippen LogP contribution in [-0.2, 0) is 4.79 Å². The van der Waals surface area contributed by atoms with Crippen LogP contribution >= 0.6 is 31.9 Å². The molecule has 1 amide bonds. The highest BCUT2D eigenvalue weighted by molar-refractivity contribution is 9.11. The van der Waals surface area contributed by atoms with Crippen molar-refractivity contribution in [2.24, 2.45) is 0 Å². The van der Waals surface area contributed by atoms with E-state index < -0.39 is 0 Å². The highest BCUT2D eigenvalue weighted by atomic mass is 79.9. The van der Waals surface area contributed by atoms with Crippen molar-refractivity contribution in [2.75, 3.05) is 5.32 Å². The number of anilines is 1. The van der Waals surface area contributed by atoms with Crippen LogP contribution in [0, 0.1) is 0 Å². The predicted molar refractivity (Wildman–Crippen MR) is 100 cm³/mol. The summed E-state index contributed by atoms with van der Waals surface area (Å²) in [7, 11) is 0. The summed E-state index contributed by atoms with van der Waals surface area (Å²) in [6.07, 6.45) is 3.35. The van der Waals surface area contributed by atoms with Crippen molar-refractivity contribution in [1.29, 1.82) is 0 Å². The van der Waals surface area contributed by atoms with Crippen LogP contribution in [0.2, 0.25) is 0 Å². The summed E-state index contributed by atoms with van der Waals surface area (Å²) in [6.45, 7) is 4.32. The van der Waals surface area contributed by atoms with Crippen LogP contribution < -0.4 is 5.32 Å². The lowest BCUT2D eigenvalue weighted by Crippen LogP contribution is -2.08. The van der Waals surface area contributed by atoms with Gasteiger partial charge in [-0.15, -0.1) is 0 Å². The van der Waals surface area contributed by atoms with Gasteiger partial charge >= 0.3 is 0 Å². The summed E-state index contributed by atoms with van der Waals surface area (Å²) in [5.74, 6) is 0.354. The van der Waals surface area contributed by atoms with Crippen LogP contribution in [0.15, 0.2) is 57.5 Å². The van der Waals surface area contributed by atoms with Crippen molar-refractivity contribution in [3.05, 3.63) is 68.6 Å². The molecule has 0 radical (unpaired) electrons. The molecule has 0 aromatic heterocycles. The lowest BCUT2D eigenvalue weighted by Gasteiger charge is -2.06. The first-order valence-corrected chi connectivity index (χ1v) is 8.58. The molecule has 2 aromatic rings. The molecule has 0 bridgehead atoms. The summed E-state index contributed by atoms with van der Waals surface area (Å²) in [4.78, 5) is 12.0. The molecule has 0 saturated heterocycles. The van der Waals surface area contributed by atoms with Gasteiger partial charge in [0, 0.05) is 15.0 Å². The molecular formula is C18H17Br2NO. The number of amides is 1. The Morgan fingerprint density at radius 3 is 2.36 bits per heavy atom. The molecule has 0 aliphatic heterocycles. The number of carbonyl (C=O) groups excluding carboxylic acids is 1. The van der Waals surface area contributed by atoms with Gasteiger partial charge in [0.25, 0.3) is 0 Å². The molecule has 4 heteroatoms. The number of nitrogens with one attached hydrogen (secondary N) is 1. The topological polar surface area (TPSA) is 29.1 Å². The van der Waals surface area contributed by atoms with E-state index in [1.165, 1.54) is 5.56 Å². The highest BCUT2D eigenvalue weighted by Crippen LogP contribution is 2.26. The molecule has 22 heavy (non-hydrogen) atoms. The fourth-order valence-corrected chi connectivity index (χ4v) is 3.08. The maximum Gasteiger partial charge on any atom is 0.248 e. The van der Waals surface area contributed by atoms with Gasteiger partial charge in [-0.1, -0.05) is 54.0 Å². The zero-order valence-corrected chi connectivity index (χ0v) is 15.6. The van der Waals surface area contributed by atoms with E-state index in [9.17, 15) is 4.79 Å². The van der Waals surface area contributed by atoms with Crippen LogP contribution in [0.5, 0.6) is 0 Å². The van der Waals surface area contributed by atoms with Gasteiger partial charge in [-0.25, -0.2) is 0 Å². The van der Waals surface area contributed by atoms with Gasteiger partial charge < -0.3 is 5.32 Å². The van der Waals surface area contributed by atoms with Gasteiger partial charge in [-0.05, 0) is 57.2 Å². The van der Waals surface area contributed by atoms with Crippen LogP contribution in [0.4, 0.5) is 5.69 Å². The van der Waals surface area contributed by atoms with Crippen LogP contribution in [0.3, 0.4) is 0 Å². The number of carbonyl (C=O) groups is 1. The Kier molecular flexibility index (Phi) is 5.98. The summed E-state index contributed by atoms with van der Waals surface area (Å²) in [5.41, 5.74) is 3.04. The smallest absolute Gasteiger partial charge is 0.248 e. The van der Waals surface area contributed by atoms with E-state index in [0.717, 1.165) is 20.2 Å². The molecule has 0 aliphatic carbocycles. The number of halogens is 2. The number of rotatable bonds is 4. The lowest BCUT2D eigenvalue weighted by molar-refractivity contribution is -0.111. The Morgan fingerprint density at radius 2 is 1.77 bits per heavy atom. The molecule has 0 heterocycles. The third-order valence-electron chi connectivity index (χ3n) is 3.22. The van der Waals surface area contributed by atoms with Crippen molar-refractivity contribution in [2.45, 2.75) is 19.8 Å². The first kappa shape index (κ1) is 17.0. The molecule has 0 atom stereocenters. The SMILES string of the molecule is CC(C)c1ccc(/C=C/C(=O)Nc2ccc(Br)cc2Br)cc1. The molecule has 0 saturated carbocycles. The van der Waals surface area contributed by atoms with E-state index in [4.69, 9.17) is 0 Å². The van der Waals surface area contributed by atoms with Crippen LogP contribution in [0.1, 0.15) is 30.9 Å². The minimum Gasteiger partial charge on any atom is -0.321 e. The van der Waals surface area contributed by atoms with Gasteiger partial charge in [0.2, 0.25) is 5.91 Å². The third-order valence-corrected chi connectivity index (χ3v) is 4.37. The lowest BCUT2D eigenvalue weighted by atomic mass is 10.0. The first-order chi connectivity index (χ1) is 10.5.